The molecule has 4 N–H and O–H groups in total. The summed E-state index contributed by atoms with van der Waals surface area (Å²) >= 11 is 0. The molecule has 0 aliphatic rings. The zero-order valence-electron chi connectivity index (χ0n) is 23.6. The van der Waals surface area contributed by atoms with Gasteiger partial charge in [-0.2, -0.15) is 26.3 Å². The largest absolute Gasteiger partial charge is 0.478 e. The van der Waals surface area contributed by atoms with Gasteiger partial charge in [0.2, 0.25) is 18.1 Å². The minimum atomic E-state index is -4.93. The summed E-state index contributed by atoms with van der Waals surface area (Å²) in [6.07, 6.45) is -15.4. The lowest BCUT2D eigenvalue weighted by Crippen LogP contribution is -2.54. The Morgan fingerprint density at radius 2 is 1.13 bits per heavy atom. The van der Waals surface area contributed by atoms with E-state index in [4.69, 9.17) is 9.47 Å². The number of carboxylic acid groups (broad SMARTS) is 1. The zero-order chi connectivity index (χ0) is 35.1. The molecule has 18 heteroatoms. The number of carboxylic acids is 1. The van der Waals surface area contributed by atoms with Crippen LogP contribution in [0.1, 0.15) is 49.1 Å². The quantitative estimate of drug-likeness (QED) is 0.149. The zero-order valence-corrected chi connectivity index (χ0v) is 23.6. The third-order valence-electron chi connectivity index (χ3n) is 5.86. The lowest BCUT2D eigenvalue weighted by Gasteiger charge is -2.24. The number of esters is 2. The van der Waals surface area contributed by atoms with Crippen LogP contribution in [0.2, 0.25) is 0 Å². The van der Waals surface area contributed by atoms with Gasteiger partial charge >= 0.3 is 30.3 Å². The maximum absolute atomic E-state index is 13.2. The number of hydrogen-bond donors (Lipinski definition) is 4. The molecule has 3 aromatic rings. The first-order chi connectivity index (χ1) is 21.9. The molecule has 0 bridgehead atoms. The van der Waals surface area contributed by atoms with E-state index in [9.17, 15) is 60.2 Å². The van der Waals surface area contributed by atoms with Crippen molar-refractivity contribution in [1.82, 2.24) is 10.9 Å². The second-order valence-corrected chi connectivity index (χ2v) is 9.35. The van der Waals surface area contributed by atoms with Gasteiger partial charge in [0.05, 0.1) is 22.3 Å². The molecule has 0 heterocycles. The molecule has 47 heavy (non-hydrogen) atoms. The smallest absolute Gasteiger partial charge is 0.416 e. The Bertz CT molecular complexity index is 1690. The third kappa shape index (κ3) is 9.77. The number of hydrazine groups is 1. The number of benzene rings is 3. The average molecular weight is 669 g/mol. The Labute approximate surface area is 259 Å². The molecule has 0 aliphatic heterocycles. The average Bonchev–Trinajstić information content (AvgIpc) is 3.00. The Balaban J connectivity index is 1.90. The molecule has 0 saturated carbocycles. The number of carbonyl (C=O) groups is 6. The van der Waals surface area contributed by atoms with E-state index < -0.39 is 82.4 Å². The number of nitrogens with one attached hydrogen (secondary N) is 3. The van der Waals surface area contributed by atoms with Gasteiger partial charge in [-0.05, 0) is 60.7 Å². The molecule has 0 aromatic heterocycles. The normalized spacial score (nSPS) is 12.6. The van der Waals surface area contributed by atoms with Crippen LogP contribution in [0, 0.1) is 0 Å². The van der Waals surface area contributed by atoms with Crippen molar-refractivity contribution in [2.45, 2.75) is 31.5 Å². The highest BCUT2D eigenvalue weighted by Gasteiger charge is 2.42. The first-order valence-electron chi connectivity index (χ1n) is 12.8. The first-order valence-corrected chi connectivity index (χ1v) is 12.8. The molecule has 0 unspecified atom stereocenters. The minimum absolute atomic E-state index is 0.123. The highest BCUT2D eigenvalue weighted by molar-refractivity contribution is 5.99. The fourth-order valence-electron chi connectivity index (χ4n) is 3.68. The van der Waals surface area contributed by atoms with Crippen LogP contribution in [-0.2, 0) is 36.2 Å². The number of rotatable bonds is 9. The molecule has 12 nitrogen and oxygen atoms in total. The first kappa shape index (κ1) is 35.5. The van der Waals surface area contributed by atoms with Crippen molar-refractivity contribution >= 4 is 41.3 Å². The summed E-state index contributed by atoms with van der Waals surface area (Å²) in [4.78, 5) is 74.4. The van der Waals surface area contributed by atoms with Crippen molar-refractivity contribution in [3.8, 4) is 0 Å². The second-order valence-electron chi connectivity index (χ2n) is 9.35. The van der Waals surface area contributed by atoms with Gasteiger partial charge in [0.1, 0.15) is 0 Å². The number of hydrogen-bond acceptors (Lipinski definition) is 8. The van der Waals surface area contributed by atoms with Crippen LogP contribution in [0.5, 0.6) is 0 Å². The SMILES string of the molecule is CC(=O)Nc1ccc(C(=O)NNC(=O)[C@@H](OC(=O)c2cccc(C(F)(F)F)c2)[C@H](OC(=O)c2cccc(C(F)(F)F)c2)C(=O)O)cc1. The monoisotopic (exact) mass is 669 g/mol. The maximum atomic E-state index is 13.2. The van der Waals surface area contributed by atoms with Crippen LogP contribution in [0.25, 0.3) is 0 Å². The summed E-state index contributed by atoms with van der Waals surface area (Å²) in [6, 6.07) is 10.1. The van der Waals surface area contributed by atoms with Crippen LogP contribution in [0.3, 0.4) is 0 Å². The van der Waals surface area contributed by atoms with Crippen molar-refractivity contribution < 1.29 is 69.7 Å². The Kier molecular flexibility index (Phi) is 10.9. The minimum Gasteiger partial charge on any atom is -0.478 e. The van der Waals surface area contributed by atoms with Crippen LogP contribution in [0.15, 0.2) is 72.8 Å². The second kappa shape index (κ2) is 14.4. The van der Waals surface area contributed by atoms with Crippen molar-refractivity contribution in [1.29, 1.82) is 0 Å². The van der Waals surface area contributed by atoms with E-state index in [1.165, 1.54) is 31.2 Å². The van der Waals surface area contributed by atoms with E-state index in [0.717, 1.165) is 24.3 Å². The van der Waals surface area contributed by atoms with Crippen LogP contribution in [0.4, 0.5) is 32.0 Å². The molecule has 3 aromatic carbocycles. The van der Waals surface area contributed by atoms with E-state index in [-0.39, 0.29) is 5.56 Å². The third-order valence-corrected chi connectivity index (χ3v) is 5.86. The van der Waals surface area contributed by atoms with E-state index in [1.807, 2.05) is 5.43 Å². The molecule has 0 radical (unpaired) electrons. The fraction of sp³-hybridized carbons (Fsp3) is 0.172. The summed E-state index contributed by atoms with van der Waals surface area (Å²) < 4.78 is 88.5. The lowest BCUT2D eigenvalue weighted by atomic mass is 10.1. The molecule has 0 fully saturated rings. The molecule has 0 aliphatic carbocycles. The van der Waals surface area contributed by atoms with Crippen LogP contribution < -0.4 is 16.2 Å². The topological polar surface area (TPSA) is 177 Å². The molecule has 0 saturated heterocycles. The molecular weight excluding hydrogens is 648 g/mol. The van der Waals surface area contributed by atoms with E-state index >= 15 is 0 Å². The van der Waals surface area contributed by atoms with Gasteiger partial charge in [0, 0.05) is 18.2 Å². The Morgan fingerprint density at radius 3 is 1.55 bits per heavy atom. The number of alkyl halides is 6. The molecule has 0 spiro atoms. The van der Waals surface area contributed by atoms with Crippen molar-refractivity contribution in [2.75, 3.05) is 5.32 Å². The molecule has 2 atom stereocenters. The number of amides is 3. The van der Waals surface area contributed by atoms with Gasteiger partial charge in [-0.3, -0.25) is 25.2 Å². The highest BCUT2D eigenvalue weighted by Crippen LogP contribution is 2.31. The lowest BCUT2D eigenvalue weighted by molar-refractivity contribution is -0.159. The van der Waals surface area contributed by atoms with E-state index in [0.29, 0.717) is 30.0 Å². The van der Waals surface area contributed by atoms with Crippen LogP contribution >= 0.6 is 0 Å². The number of halogens is 6. The maximum Gasteiger partial charge on any atom is 0.416 e. The molecular formula is C29H21F6N3O9. The number of anilines is 1. The van der Waals surface area contributed by atoms with Gasteiger partial charge < -0.3 is 19.9 Å². The van der Waals surface area contributed by atoms with E-state index in [1.54, 1.807) is 5.43 Å². The Hall–Kier alpha value is -5.94. The Morgan fingerprint density at radius 1 is 0.660 bits per heavy atom. The predicted octanol–water partition coefficient (Wildman–Crippen LogP) is 3.98. The summed E-state index contributed by atoms with van der Waals surface area (Å²) in [7, 11) is 0. The van der Waals surface area contributed by atoms with Crippen molar-refractivity contribution in [3.05, 3.63) is 101 Å². The molecule has 248 valence electrons. The standard InChI is InChI=1S/C29H21F6N3O9/c1-14(39)36-20-10-8-15(9-11-20)23(40)37-38-24(41)21(46-26(44)16-4-2-6-18(12-16)28(30,31)32)22(25(42)43)47-27(45)17-5-3-7-19(13-17)29(33,34)35/h2-13,21-22H,1H3,(H,36,39)(H,37,40)(H,38,41)(H,42,43)/t21-,22-/m0/s1. The fourth-order valence-corrected chi connectivity index (χ4v) is 3.68. The number of ether oxygens (including phenoxy) is 2. The summed E-state index contributed by atoms with van der Waals surface area (Å²) in [5.41, 5.74) is -0.535. The van der Waals surface area contributed by atoms with Crippen LogP contribution in [-0.4, -0.2) is 52.9 Å². The highest BCUT2D eigenvalue weighted by atomic mass is 19.4. The van der Waals surface area contributed by atoms with Crippen molar-refractivity contribution in [2.24, 2.45) is 0 Å². The van der Waals surface area contributed by atoms with Gasteiger partial charge in [0.25, 0.3) is 11.8 Å². The van der Waals surface area contributed by atoms with Gasteiger partial charge in [-0.1, -0.05) is 12.1 Å². The predicted molar refractivity (Wildman–Crippen MR) is 145 cm³/mol. The van der Waals surface area contributed by atoms with E-state index in [2.05, 4.69) is 5.32 Å². The number of carbonyl (C=O) groups excluding carboxylic acids is 5. The van der Waals surface area contributed by atoms with Gasteiger partial charge in [0.15, 0.2) is 0 Å². The molecule has 3 rings (SSSR count). The van der Waals surface area contributed by atoms with Gasteiger partial charge in [-0.15, -0.1) is 0 Å². The summed E-state index contributed by atoms with van der Waals surface area (Å²) in [6.45, 7) is 1.23. The van der Waals surface area contributed by atoms with Crippen molar-refractivity contribution in [3.63, 3.8) is 0 Å². The summed E-state index contributed by atoms with van der Waals surface area (Å²) in [5, 5.41) is 12.2. The van der Waals surface area contributed by atoms with Gasteiger partial charge in [-0.25, -0.2) is 14.4 Å². The number of aliphatic carboxylic acids is 1. The molecule has 3 amide bonds. The summed E-state index contributed by atoms with van der Waals surface area (Å²) in [5.74, 6) is -8.75.